The van der Waals surface area contributed by atoms with E-state index in [9.17, 15) is 14.0 Å². The molecule has 5 nitrogen and oxygen atoms in total. The lowest BCUT2D eigenvalue weighted by Crippen LogP contribution is -2.54. The second-order valence-corrected chi connectivity index (χ2v) is 9.48. The van der Waals surface area contributed by atoms with Crippen molar-refractivity contribution in [3.63, 3.8) is 0 Å². The zero-order valence-electron chi connectivity index (χ0n) is 18.6. The van der Waals surface area contributed by atoms with E-state index in [0.717, 1.165) is 51.5 Å². The predicted octanol–water partition coefficient (Wildman–Crippen LogP) is 3.55. The van der Waals surface area contributed by atoms with E-state index in [-0.39, 0.29) is 23.5 Å². The molecule has 1 aromatic rings. The maximum atomic E-state index is 13.3. The Morgan fingerprint density at radius 2 is 1.77 bits per heavy atom. The topological polar surface area (TPSA) is 52.6 Å². The number of piperidine rings is 2. The van der Waals surface area contributed by atoms with Gasteiger partial charge in [-0.3, -0.25) is 9.59 Å². The number of nitrogens with zero attached hydrogens (tertiary/aromatic N) is 2. The summed E-state index contributed by atoms with van der Waals surface area (Å²) in [6.07, 6.45) is 4.70. The van der Waals surface area contributed by atoms with E-state index >= 15 is 0 Å². The first-order valence-electron chi connectivity index (χ1n) is 11.4. The normalized spacial score (nSPS) is 22.2. The summed E-state index contributed by atoms with van der Waals surface area (Å²) in [7, 11) is 0. The smallest absolute Gasteiger partial charge is 0.251 e. The molecular weight excluding hydrogens is 381 g/mol. The highest BCUT2D eigenvalue weighted by Crippen LogP contribution is 2.23. The van der Waals surface area contributed by atoms with E-state index in [1.54, 1.807) is 0 Å². The van der Waals surface area contributed by atoms with Gasteiger partial charge in [-0.2, -0.15) is 0 Å². The van der Waals surface area contributed by atoms with Gasteiger partial charge in [0.1, 0.15) is 11.9 Å². The number of halogens is 1. The van der Waals surface area contributed by atoms with Gasteiger partial charge in [-0.25, -0.2) is 4.39 Å². The number of hydrogen-bond donors (Lipinski definition) is 1. The molecule has 2 aliphatic heterocycles. The van der Waals surface area contributed by atoms with E-state index in [4.69, 9.17) is 0 Å². The van der Waals surface area contributed by atoms with Crippen molar-refractivity contribution >= 4 is 11.8 Å². The van der Waals surface area contributed by atoms with Gasteiger partial charge in [0, 0.05) is 25.2 Å². The van der Waals surface area contributed by atoms with E-state index in [2.05, 4.69) is 17.1 Å². The van der Waals surface area contributed by atoms with Gasteiger partial charge in [0.15, 0.2) is 0 Å². The van der Waals surface area contributed by atoms with Crippen LogP contribution in [0.25, 0.3) is 0 Å². The zero-order valence-corrected chi connectivity index (χ0v) is 18.6. The Kier molecular flexibility index (Phi) is 7.87. The standard InChI is InChI=1S/C24H36FN3O2/c1-17(2)22(26-23(29)20-6-8-21(25)9-7-20)24(30)28-12-4-5-19(16-28)15-27-13-10-18(3)11-14-27/h6-9,17-19,22H,4-5,10-16H2,1-3H3,(H,26,29). The minimum Gasteiger partial charge on any atom is -0.341 e. The van der Waals surface area contributed by atoms with Crippen LogP contribution in [0.2, 0.25) is 0 Å². The van der Waals surface area contributed by atoms with Crippen LogP contribution < -0.4 is 5.32 Å². The molecule has 6 heteroatoms. The largest absolute Gasteiger partial charge is 0.341 e. The Morgan fingerprint density at radius 1 is 1.10 bits per heavy atom. The molecule has 3 rings (SSSR count). The molecule has 0 aliphatic carbocycles. The maximum absolute atomic E-state index is 13.3. The first-order chi connectivity index (χ1) is 14.3. The minimum atomic E-state index is -0.572. The van der Waals surface area contributed by atoms with E-state index in [1.165, 1.54) is 37.1 Å². The lowest BCUT2D eigenvalue weighted by atomic mass is 9.93. The summed E-state index contributed by atoms with van der Waals surface area (Å²) in [6, 6.07) is 4.85. The molecule has 2 amide bonds. The van der Waals surface area contributed by atoms with Crippen LogP contribution in [0.5, 0.6) is 0 Å². The number of amides is 2. The Bertz CT molecular complexity index is 714. The molecule has 166 valence electrons. The van der Waals surface area contributed by atoms with Crippen LogP contribution >= 0.6 is 0 Å². The van der Waals surface area contributed by atoms with Crippen molar-refractivity contribution in [2.24, 2.45) is 17.8 Å². The number of nitrogens with one attached hydrogen (secondary N) is 1. The van der Waals surface area contributed by atoms with Crippen LogP contribution in [0.1, 0.15) is 56.8 Å². The summed E-state index contributed by atoms with van der Waals surface area (Å²) in [5.74, 6) is 0.575. The molecule has 2 unspecified atom stereocenters. The third-order valence-electron chi connectivity index (χ3n) is 6.55. The molecule has 2 fully saturated rings. The summed E-state index contributed by atoms with van der Waals surface area (Å²) >= 11 is 0. The van der Waals surface area contributed by atoms with Crippen LogP contribution in [0.4, 0.5) is 4.39 Å². The third-order valence-corrected chi connectivity index (χ3v) is 6.55. The molecule has 2 atom stereocenters. The second kappa shape index (κ2) is 10.4. The number of carbonyl (C=O) groups is 2. The molecule has 0 radical (unpaired) electrons. The molecule has 30 heavy (non-hydrogen) atoms. The number of carbonyl (C=O) groups excluding carboxylic acids is 2. The molecule has 1 N–H and O–H groups in total. The fourth-order valence-electron chi connectivity index (χ4n) is 4.56. The molecule has 2 saturated heterocycles. The summed E-state index contributed by atoms with van der Waals surface area (Å²) in [6.45, 7) is 11.1. The molecular formula is C24H36FN3O2. The summed E-state index contributed by atoms with van der Waals surface area (Å²) < 4.78 is 13.1. The van der Waals surface area contributed by atoms with Crippen LogP contribution in [0, 0.1) is 23.6 Å². The molecule has 2 aliphatic rings. The monoisotopic (exact) mass is 417 g/mol. The molecule has 0 aromatic heterocycles. The molecule has 0 spiro atoms. The van der Waals surface area contributed by atoms with Crippen molar-refractivity contribution < 1.29 is 14.0 Å². The Labute approximate surface area is 180 Å². The minimum absolute atomic E-state index is 0.00238. The highest BCUT2D eigenvalue weighted by molar-refractivity contribution is 5.97. The van der Waals surface area contributed by atoms with Crippen molar-refractivity contribution in [1.29, 1.82) is 0 Å². The predicted molar refractivity (Wildman–Crippen MR) is 117 cm³/mol. The van der Waals surface area contributed by atoms with Crippen molar-refractivity contribution in [3.05, 3.63) is 35.6 Å². The van der Waals surface area contributed by atoms with E-state index < -0.39 is 6.04 Å². The summed E-state index contributed by atoms with van der Waals surface area (Å²) in [4.78, 5) is 30.4. The quantitative estimate of drug-likeness (QED) is 0.770. The molecule has 0 saturated carbocycles. The van der Waals surface area contributed by atoms with Gasteiger partial charge in [0.05, 0.1) is 0 Å². The van der Waals surface area contributed by atoms with Crippen LogP contribution in [0.3, 0.4) is 0 Å². The third kappa shape index (κ3) is 6.03. The van der Waals surface area contributed by atoms with Gasteiger partial charge in [0.25, 0.3) is 5.91 Å². The van der Waals surface area contributed by atoms with E-state index in [1.807, 2.05) is 18.7 Å². The summed E-state index contributed by atoms with van der Waals surface area (Å²) in [5, 5.41) is 2.89. The van der Waals surface area contributed by atoms with Crippen LogP contribution in [-0.2, 0) is 4.79 Å². The van der Waals surface area contributed by atoms with Crippen LogP contribution in [-0.4, -0.2) is 60.4 Å². The average Bonchev–Trinajstić information content (AvgIpc) is 2.73. The lowest BCUT2D eigenvalue weighted by molar-refractivity contribution is -0.136. The zero-order chi connectivity index (χ0) is 21.7. The fourth-order valence-corrected chi connectivity index (χ4v) is 4.56. The van der Waals surface area contributed by atoms with Gasteiger partial charge >= 0.3 is 0 Å². The van der Waals surface area contributed by atoms with Crippen LogP contribution in [0.15, 0.2) is 24.3 Å². The number of hydrogen-bond acceptors (Lipinski definition) is 3. The van der Waals surface area contributed by atoms with Crippen molar-refractivity contribution in [1.82, 2.24) is 15.1 Å². The second-order valence-electron chi connectivity index (χ2n) is 9.48. The number of rotatable bonds is 6. The van der Waals surface area contributed by atoms with Crippen molar-refractivity contribution in [2.45, 2.75) is 52.5 Å². The van der Waals surface area contributed by atoms with Gasteiger partial charge in [-0.15, -0.1) is 0 Å². The fraction of sp³-hybridized carbons (Fsp3) is 0.667. The highest BCUT2D eigenvalue weighted by atomic mass is 19.1. The van der Waals surface area contributed by atoms with Gasteiger partial charge in [0.2, 0.25) is 5.91 Å². The van der Waals surface area contributed by atoms with E-state index in [0.29, 0.717) is 11.5 Å². The summed E-state index contributed by atoms with van der Waals surface area (Å²) in [5.41, 5.74) is 0.366. The lowest BCUT2D eigenvalue weighted by Gasteiger charge is -2.39. The van der Waals surface area contributed by atoms with Gasteiger partial charge < -0.3 is 15.1 Å². The van der Waals surface area contributed by atoms with Crippen molar-refractivity contribution in [2.75, 3.05) is 32.7 Å². The maximum Gasteiger partial charge on any atom is 0.251 e. The Balaban J connectivity index is 1.58. The first-order valence-corrected chi connectivity index (χ1v) is 11.4. The molecule has 1 aromatic carbocycles. The highest BCUT2D eigenvalue weighted by Gasteiger charge is 2.32. The molecule has 2 heterocycles. The molecule has 0 bridgehead atoms. The number of benzene rings is 1. The average molecular weight is 418 g/mol. The van der Waals surface area contributed by atoms with Crippen molar-refractivity contribution in [3.8, 4) is 0 Å². The Hall–Kier alpha value is -1.95. The van der Waals surface area contributed by atoms with Gasteiger partial charge in [-0.05, 0) is 80.8 Å². The first kappa shape index (κ1) is 22.7. The number of likely N-dealkylation sites (tertiary alicyclic amines) is 2. The van der Waals surface area contributed by atoms with Gasteiger partial charge in [-0.1, -0.05) is 20.8 Å². The SMILES string of the molecule is CC1CCN(CC2CCCN(C(=O)C(NC(=O)c3ccc(F)cc3)C(C)C)C2)CC1. The Morgan fingerprint density at radius 3 is 2.40 bits per heavy atom.